The molecule has 0 amide bonds. The summed E-state index contributed by atoms with van der Waals surface area (Å²) in [5.74, 6) is 0.577. The minimum atomic E-state index is -4.49. The van der Waals surface area contributed by atoms with Crippen LogP contribution in [0.15, 0.2) is 48.1 Å². The smallest absolute Gasteiger partial charge is 0.402 e. The number of nitrogens with one attached hydrogen (secondary N) is 1. The van der Waals surface area contributed by atoms with E-state index in [4.69, 9.17) is 11.1 Å². The molecule has 2 atom stereocenters. The minimum absolute atomic E-state index is 0.148. The number of nitrogens with zero attached hydrogens (tertiary/aromatic N) is 5. The lowest BCUT2D eigenvalue weighted by atomic mass is 9.88. The van der Waals surface area contributed by atoms with Crippen LogP contribution in [0, 0.1) is 11.3 Å². The van der Waals surface area contributed by atoms with Gasteiger partial charge in [-0.1, -0.05) is 0 Å². The summed E-state index contributed by atoms with van der Waals surface area (Å²) in [4.78, 5) is 14.8. The number of aromatic nitrogens is 4. The van der Waals surface area contributed by atoms with E-state index in [0.29, 0.717) is 47.9 Å². The highest BCUT2D eigenvalue weighted by Gasteiger charge is 2.32. The lowest BCUT2D eigenvalue weighted by molar-refractivity contribution is -0.137. The van der Waals surface area contributed by atoms with Crippen LogP contribution in [0.2, 0.25) is 0 Å². The zero-order chi connectivity index (χ0) is 23.0. The van der Waals surface area contributed by atoms with Gasteiger partial charge in [0.2, 0.25) is 0 Å². The van der Waals surface area contributed by atoms with Gasteiger partial charge < -0.3 is 21.1 Å². The average molecular weight is 445 g/mol. The Kier molecular flexibility index (Phi) is 5.59. The molecule has 0 spiro atoms. The van der Waals surface area contributed by atoms with Gasteiger partial charge in [-0.3, -0.25) is 4.40 Å². The summed E-state index contributed by atoms with van der Waals surface area (Å²) in [5, 5.41) is 18.0. The van der Waals surface area contributed by atoms with Crippen LogP contribution in [0.25, 0.3) is 17.2 Å². The molecule has 32 heavy (non-hydrogen) atoms. The van der Waals surface area contributed by atoms with E-state index in [9.17, 15) is 18.3 Å². The van der Waals surface area contributed by atoms with E-state index in [-0.39, 0.29) is 11.7 Å². The number of pyridine rings is 1. The maximum absolute atomic E-state index is 13.2. The van der Waals surface area contributed by atoms with Crippen LogP contribution in [0.5, 0.6) is 0 Å². The van der Waals surface area contributed by atoms with Gasteiger partial charge in [-0.05, 0) is 37.1 Å². The first-order valence-corrected chi connectivity index (χ1v) is 9.95. The molecule has 11 heteroatoms. The molecular weight excluding hydrogens is 423 g/mol. The number of fused-ring (bicyclic) bond motifs is 1. The van der Waals surface area contributed by atoms with Crippen LogP contribution in [0.4, 0.5) is 19.0 Å². The number of aliphatic hydroxyl groups is 1. The van der Waals surface area contributed by atoms with E-state index in [1.165, 1.54) is 29.1 Å². The molecule has 4 N–H and O–H groups in total. The first-order valence-electron chi connectivity index (χ1n) is 9.95. The van der Waals surface area contributed by atoms with E-state index < -0.39 is 17.8 Å². The standard InChI is InChI=1S/C21H22F3N7O/c1-12(26)16(7-25)13-6-15(32)11-30(9-13)19-4-5-27-20(29-19)17-8-28-18-3-2-14(10-31(17)18)21(22,23)24/h2-5,7-8,10,13,15,25,32H,6,9,11,26H2,1H3/b16-12+,25-7?. The third-order valence-corrected chi connectivity index (χ3v) is 5.51. The van der Waals surface area contributed by atoms with Crippen LogP contribution >= 0.6 is 0 Å². The molecule has 0 saturated carbocycles. The number of piperidine rings is 1. The summed E-state index contributed by atoms with van der Waals surface area (Å²) in [6.07, 6.45) is 0.460. The number of hydrogen-bond acceptors (Lipinski definition) is 7. The number of anilines is 1. The normalized spacial score (nSPS) is 20.3. The molecule has 3 aromatic heterocycles. The molecule has 1 saturated heterocycles. The fraction of sp³-hybridized carbons (Fsp3) is 0.333. The van der Waals surface area contributed by atoms with Gasteiger partial charge in [-0.25, -0.2) is 15.0 Å². The van der Waals surface area contributed by atoms with Crippen LogP contribution in [-0.4, -0.2) is 49.9 Å². The van der Waals surface area contributed by atoms with Crippen LogP contribution in [0.3, 0.4) is 0 Å². The lowest BCUT2D eigenvalue weighted by Crippen LogP contribution is -2.44. The molecule has 168 valence electrons. The number of rotatable bonds is 4. The first-order chi connectivity index (χ1) is 15.2. The highest BCUT2D eigenvalue weighted by Crippen LogP contribution is 2.31. The van der Waals surface area contributed by atoms with Gasteiger partial charge in [0.25, 0.3) is 0 Å². The molecular formula is C21H22F3N7O. The molecule has 0 radical (unpaired) electrons. The maximum atomic E-state index is 13.2. The number of nitrogens with two attached hydrogens (primary N) is 1. The molecule has 1 aliphatic heterocycles. The molecule has 0 aliphatic carbocycles. The predicted molar refractivity (Wildman–Crippen MR) is 113 cm³/mol. The van der Waals surface area contributed by atoms with Crippen LogP contribution in [0.1, 0.15) is 18.9 Å². The summed E-state index contributed by atoms with van der Waals surface area (Å²) < 4.78 is 40.8. The molecule has 8 nitrogen and oxygen atoms in total. The number of halogens is 3. The highest BCUT2D eigenvalue weighted by molar-refractivity contribution is 5.77. The van der Waals surface area contributed by atoms with Crippen molar-refractivity contribution in [2.45, 2.75) is 25.6 Å². The third kappa shape index (κ3) is 4.15. The van der Waals surface area contributed by atoms with E-state index in [1.54, 1.807) is 13.0 Å². The molecule has 4 rings (SSSR count). The Labute approximate surface area is 181 Å². The fourth-order valence-corrected chi connectivity index (χ4v) is 4.00. The Morgan fingerprint density at radius 1 is 1.25 bits per heavy atom. The van der Waals surface area contributed by atoms with E-state index in [1.807, 2.05) is 4.90 Å². The molecule has 1 aliphatic rings. The number of hydrogen-bond donors (Lipinski definition) is 3. The predicted octanol–water partition coefficient (Wildman–Crippen LogP) is 2.88. The number of β-amino-alcohol motifs (C(OH)–C–C–N with tert-alkyl or cyclic N) is 1. The van der Waals surface area contributed by atoms with Crippen LogP contribution < -0.4 is 10.6 Å². The summed E-state index contributed by atoms with van der Waals surface area (Å²) in [6, 6.07) is 3.95. The Hall–Kier alpha value is -3.47. The van der Waals surface area contributed by atoms with Crippen molar-refractivity contribution < 1.29 is 18.3 Å². The molecule has 0 bridgehead atoms. The molecule has 1 fully saturated rings. The monoisotopic (exact) mass is 445 g/mol. The Morgan fingerprint density at radius 3 is 2.72 bits per heavy atom. The maximum Gasteiger partial charge on any atom is 0.417 e. The highest BCUT2D eigenvalue weighted by atomic mass is 19.4. The van der Waals surface area contributed by atoms with Crippen molar-refractivity contribution in [1.29, 1.82) is 5.41 Å². The second-order valence-electron chi connectivity index (χ2n) is 7.80. The molecule has 4 heterocycles. The number of alkyl halides is 3. The van der Waals surface area contributed by atoms with Crippen LogP contribution in [-0.2, 0) is 6.18 Å². The molecule has 3 aromatic rings. The minimum Gasteiger partial charge on any atom is -0.402 e. The second kappa shape index (κ2) is 8.23. The summed E-state index contributed by atoms with van der Waals surface area (Å²) in [6.45, 7) is 2.53. The summed E-state index contributed by atoms with van der Waals surface area (Å²) in [5.41, 5.74) is 6.94. The van der Waals surface area contributed by atoms with E-state index in [0.717, 1.165) is 12.3 Å². The van der Waals surface area contributed by atoms with Gasteiger partial charge in [-0.2, -0.15) is 13.2 Å². The van der Waals surface area contributed by atoms with Crippen molar-refractivity contribution in [2.24, 2.45) is 11.7 Å². The van der Waals surface area contributed by atoms with E-state index in [2.05, 4.69) is 15.0 Å². The molecule has 2 unspecified atom stereocenters. The molecule has 0 aromatic carbocycles. The second-order valence-corrected chi connectivity index (χ2v) is 7.80. The van der Waals surface area contributed by atoms with Gasteiger partial charge in [0.1, 0.15) is 17.2 Å². The summed E-state index contributed by atoms with van der Waals surface area (Å²) >= 11 is 0. The average Bonchev–Trinajstić information content (AvgIpc) is 3.16. The van der Waals surface area contributed by atoms with Gasteiger partial charge in [0, 0.05) is 43.3 Å². The van der Waals surface area contributed by atoms with Gasteiger partial charge in [0.15, 0.2) is 5.82 Å². The van der Waals surface area contributed by atoms with Gasteiger partial charge in [0.05, 0.1) is 17.9 Å². The lowest BCUT2D eigenvalue weighted by Gasteiger charge is -2.37. The van der Waals surface area contributed by atoms with Gasteiger partial charge >= 0.3 is 6.18 Å². The van der Waals surface area contributed by atoms with Gasteiger partial charge in [-0.15, -0.1) is 0 Å². The first kappa shape index (κ1) is 21.8. The van der Waals surface area contributed by atoms with Crippen molar-refractivity contribution in [1.82, 2.24) is 19.4 Å². The Balaban J connectivity index is 1.70. The largest absolute Gasteiger partial charge is 0.417 e. The van der Waals surface area contributed by atoms with Crippen molar-refractivity contribution in [3.63, 3.8) is 0 Å². The van der Waals surface area contributed by atoms with E-state index >= 15 is 0 Å². The SMILES string of the molecule is C/C(N)=C(/C=N)C1CC(O)CN(c2ccnc(-c3cnc4ccc(C(F)(F)F)cn34)n2)C1. The number of aliphatic hydroxyl groups excluding tert-OH is 1. The summed E-state index contributed by atoms with van der Waals surface area (Å²) in [7, 11) is 0. The van der Waals surface area contributed by atoms with Crippen molar-refractivity contribution in [3.8, 4) is 11.5 Å². The topological polar surface area (TPSA) is 116 Å². The quantitative estimate of drug-likeness (QED) is 0.532. The zero-order valence-electron chi connectivity index (χ0n) is 17.2. The Morgan fingerprint density at radius 2 is 2.03 bits per heavy atom. The zero-order valence-corrected chi connectivity index (χ0v) is 17.2. The van der Waals surface area contributed by atoms with Crippen molar-refractivity contribution >= 4 is 17.7 Å². The van der Waals surface area contributed by atoms with Crippen molar-refractivity contribution in [3.05, 3.63) is 53.6 Å². The Bertz CT molecular complexity index is 1180. The number of allylic oxidation sites excluding steroid dienone is 1. The van der Waals surface area contributed by atoms with Crippen molar-refractivity contribution in [2.75, 3.05) is 18.0 Å². The fourth-order valence-electron chi connectivity index (χ4n) is 4.00. The number of imidazole rings is 1. The third-order valence-electron chi connectivity index (χ3n) is 5.51.